The molecule has 2 aromatic rings. The minimum Gasteiger partial charge on any atom is -0.481 e. The highest BCUT2D eigenvalue weighted by Gasteiger charge is 2.20. The van der Waals surface area contributed by atoms with Gasteiger partial charge in [0.25, 0.3) is 10.0 Å². The van der Waals surface area contributed by atoms with Crippen LogP contribution in [-0.2, 0) is 21.2 Å². The molecule has 0 saturated carbocycles. The first-order valence-electron chi connectivity index (χ1n) is 5.42. The third kappa shape index (κ3) is 4.07. The second-order valence-electron chi connectivity index (χ2n) is 3.88. The molecule has 0 unspecified atom stereocenters. The summed E-state index contributed by atoms with van der Waals surface area (Å²) in [7, 11) is -3.92. The van der Waals surface area contributed by atoms with Crippen LogP contribution in [0.2, 0.25) is 10.0 Å². The number of carboxylic acid groups (broad SMARTS) is 1. The molecule has 1 aromatic carbocycles. The normalized spacial score (nSPS) is 11.3. The summed E-state index contributed by atoms with van der Waals surface area (Å²) in [5.41, 5.74) is 0. The van der Waals surface area contributed by atoms with Gasteiger partial charge in [-0.3, -0.25) is 9.52 Å². The first-order chi connectivity index (χ1) is 9.78. The number of anilines is 1. The highest BCUT2D eigenvalue weighted by atomic mass is 35.5. The molecule has 2 rings (SSSR count). The lowest BCUT2D eigenvalue weighted by molar-refractivity contribution is -0.136. The Morgan fingerprint density at radius 1 is 1.38 bits per heavy atom. The van der Waals surface area contributed by atoms with Crippen LogP contribution in [0.25, 0.3) is 0 Å². The average Bonchev–Trinajstić information content (AvgIpc) is 2.73. The summed E-state index contributed by atoms with van der Waals surface area (Å²) in [6.07, 6.45) is 1.08. The number of aromatic nitrogens is 1. The van der Waals surface area contributed by atoms with E-state index in [1.807, 2.05) is 0 Å². The third-order valence-electron chi connectivity index (χ3n) is 2.28. The molecule has 0 aliphatic heterocycles. The van der Waals surface area contributed by atoms with Crippen molar-refractivity contribution in [3.63, 3.8) is 0 Å². The maximum atomic E-state index is 12.2. The second kappa shape index (κ2) is 6.18. The van der Waals surface area contributed by atoms with E-state index in [1.54, 1.807) is 0 Å². The molecule has 10 heteroatoms. The zero-order valence-corrected chi connectivity index (χ0v) is 13.4. The molecule has 6 nitrogen and oxygen atoms in total. The lowest BCUT2D eigenvalue weighted by Crippen LogP contribution is -2.13. The van der Waals surface area contributed by atoms with Gasteiger partial charge in [0, 0.05) is 16.1 Å². The predicted molar refractivity (Wildman–Crippen MR) is 80.7 cm³/mol. The predicted octanol–water partition coefficient (Wildman–Crippen LogP) is 2.88. The van der Waals surface area contributed by atoms with Gasteiger partial charge in [-0.1, -0.05) is 23.2 Å². The van der Waals surface area contributed by atoms with E-state index >= 15 is 0 Å². The van der Waals surface area contributed by atoms with Crippen molar-refractivity contribution < 1.29 is 18.3 Å². The van der Waals surface area contributed by atoms with E-state index in [-0.39, 0.29) is 21.5 Å². The molecule has 0 radical (unpaired) electrons. The first kappa shape index (κ1) is 16.0. The van der Waals surface area contributed by atoms with Gasteiger partial charge in [-0.05, 0) is 18.2 Å². The highest BCUT2D eigenvalue weighted by Crippen LogP contribution is 2.28. The molecule has 0 bridgehead atoms. The molecule has 2 N–H and O–H groups in total. The molecule has 1 aromatic heterocycles. The highest BCUT2D eigenvalue weighted by molar-refractivity contribution is 7.93. The van der Waals surface area contributed by atoms with Crippen LogP contribution in [0.4, 0.5) is 5.13 Å². The fourth-order valence-corrected chi connectivity index (χ4v) is 4.27. The van der Waals surface area contributed by atoms with Crippen LogP contribution in [-0.4, -0.2) is 24.5 Å². The Kier molecular flexibility index (Phi) is 4.72. The largest absolute Gasteiger partial charge is 0.481 e. The minimum absolute atomic E-state index is 0.0164. The molecule has 112 valence electrons. The Bertz CT molecular complexity index is 789. The number of aliphatic carboxylic acids is 1. The number of nitrogens with zero attached hydrogens (tertiary/aromatic N) is 1. The van der Waals surface area contributed by atoms with E-state index in [4.69, 9.17) is 28.3 Å². The number of sulfonamides is 1. The van der Waals surface area contributed by atoms with Crippen molar-refractivity contribution in [1.82, 2.24) is 4.98 Å². The lowest BCUT2D eigenvalue weighted by atomic mass is 10.4. The number of thiazole rings is 1. The van der Waals surface area contributed by atoms with Crippen LogP contribution < -0.4 is 4.72 Å². The fraction of sp³-hybridized carbons (Fsp3) is 0.0909. The van der Waals surface area contributed by atoms with E-state index < -0.39 is 16.0 Å². The van der Waals surface area contributed by atoms with Crippen LogP contribution >= 0.6 is 34.5 Å². The maximum absolute atomic E-state index is 12.2. The Morgan fingerprint density at radius 2 is 2.10 bits per heavy atom. The molecule has 0 aliphatic rings. The third-order valence-corrected chi connectivity index (χ3v) is 5.38. The molecule has 0 fully saturated rings. The fourth-order valence-electron chi connectivity index (χ4n) is 1.45. The summed E-state index contributed by atoms with van der Waals surface area (Å²) in [4.78, 5) is 14.7. The van der Waals surface area contributed by atoms with Gasteiger partial charge in [0.2, 0.25) is 0 Å². The SMILES string of the molecule is O=C(O)Cc1cnc(NS(=O)(=O)c2ccc(Cl)cc2Cl)s1. The van der Waals surface area contributed by atoms with Crippen LogP contribution in [0.5, 0.6) is 0 Å². The van der Waals surface area contributed by atoms with Crippen molar-refractivity contribution in [3.8, 4) is 0 Å². The molecule has 1 heterocycles. The van der Waals surface area contributed by atoms with Crippen molar-refractivity contribution in [2.45, 2.75) is 11.3 Å². The van der Waals surface area contributed by atoms with Crippen LogP contribution in [0, 0.1) is 0 Å². The number of nitrogens with one attached hydrogen (secondary N) is 1. The number of hydrogen-bond donors (Lipinski definition) is 2. The summed E-state index contributed by atoms with van der Waals surface area (Å²) >= 11 is 12.5. The zero-order valence-electron chi connectivity index (χ0n) is 10.2. The average molecular weight is 367 g/mol. The summed E-state index contributed by atoms with van der Waals surface area (Å²) in [5.74, 6) is -1.02. The van der Waals surface area contributed by atoms with Gasteiger partial charge in [-0.2, -0.15) is 0 Å². The summed E-state index contributed by atoms with van der Waals surface area (Å²) < 4.78 is 26.6. The van der Waals surface area contributed by atoms with E-state index in [1.165, 1.54) is 24.4 Å². The lowest BCUT2D eigenvalue weighted by Gasteiger charge is -2.07. The second-order valence-corrected chi connectivity index (χ2v) is 7.49. The Morgan fingerprint density at radius 3 is 2.71 bits per heavy atom. The molecular formula is C11H8Cl2N2O4S2. The van der Waals surface area contributed by atoms with Crippen LogP contribution in [0.15, 0.2) is 29.3 Å². The minimum atomic E-state index is -3.92. The molecular weight excluding hydrogens is 359 g/mol. The van der Waals surface area contributed by atoms with Crippen molar-refractivity contribution >= 4 is 55.7 Å². The molecule has 0 saturated heterocycles. The number of halogens is 2. The van der Waals surface area contributed by atoms with E-state index in [0.29, 0.717) is 9.90 Å². The van der Waals surface area contributed by atoms with Gasteiger partial charge in [-0.25, -0.2) is 13.4 Å². The smallest absolute Gasteiger partial charge is 0.308 e. The summed E-state index contributed by atoms with van der Waals surface area (Å²) in [5, 5.41) is 9.03. The van der Waals surface area contributed by atoms with Gasteiger partial charge in [0.15, 0.2) is 5.13 Å². The zero-order chi connectivity index (χ0) is 15.6. The van der Waals surface area contributed by atoms with Gasteiger partial charge < -0.3 is 5.11 Å². The number of benzene rings is 1. The standard InChI is InChI=1S/C11H8Cl2N2O4S2/c12-6-1-2-9(8(13)3-6)21(18,19)15-11-14-5-7(20-11)4-10(16)17/h1-3,5H,4H2,(H,14,15)(H,16,17). The maximum Gasteiger partial charge on any atom is 0.308 e. The van der Waals surface area contributed by atoms with Crippen molar-refractivity contribution in [2.24, 2.45) is 0 Å². The van der Waals surface area contributed by atoms with Gasteiger partial charge >= 0.3 is 5.97 Å². The molecule has 0 aliphatic carbocycles. The Hall–Kier alpha value is -1.35. The Labute approximate surface area is 134 Å². The molecule has 21 heavy (non-hydrogen) atoms. The van der Waals surface area contributed by atoms with E-state index in [0.717, 1.165) is 11.3 Å². The van der Waals surface area contributed by atoms with Gasteiger partial charge in [-0.15, -0.1) is 11.3 Å². The molecule has 0 amide bonds. The van der Waals surface area contributed by atoms with Crippen molar-refractivity contribution in [1.29, 1.82) is 0 Å². The monoisotopic (exact) mass is 366 g/mol. The van der Waals surface area contributed by atoms with Gasteiger partial charge in [0.1, 0.15) is 4.90 Å². The van der Waals surface area contributed by atoms with Crippen molar-refractivity contribution in [3.05, 3.63) is 39.3 Å². The number of carboxylic acids is 1. The summed E-state index contributed by atoms with van der Waals surface area (Å²) in [6, 6.07) is 3.99. The van der Waals surface area contributed by atoms with E-state index in [9.17, 15) is 13.2 Å². The van der Waals surface area contributed by atoms with E-state index in [2.05, 4.69) is 9.71 Å². The van der Waals surface area contributed by atoms with Crippen molar-refractivity contribution in [2.75, 3.05) is 4.72 Å². The summed E-state index contributed by atoms with van der Waals surface area (Å²) in [6.45, 7) is 0. The number of rotatable bonds is 5. The molecule has 0 atom stereocenters. The molecule has 0 spiro atoms. The topological polar surface area (TPSA) is 96.4 Å². The number of carbonyl (C=O) groups is 1. The quantitative estimate of drug-likeness (QED) is 0.847. The van der Waals surface area contributed by atoms with Crippen LogP contribution in [0.3, 0.4) is 0 Å². The Balaban J connectivity index is 2.25. The first-order valence-corrected chi connectivity index (χ1v) is 8.48. The number of hydrogen-bond acceptors (Lipinski definition) is 5. The van der Waals surface area contributed by atoms with Crippen LogP contribution in [0.1, 0.15) is 4.88 Å². The van der Waals surface area contributed by atoms with Gasteiger partial charge in [0.05, 0.1) is 11.4 Å².